The monoisotopic (exact) mass is 239 g/mol. The van der Waals surface area contributed by atoms with Gasteiger partial charge in [-0.3, -0.25) is 4.40 Å². The Bertz CT molecular complexity index is 672. The van der Waals surface area contributed by atoms with E-state index in [1.165, 1.54) is 0 Å². The molecule has 0 fully saturated rings. The molecule has 1 unspecified atom stereocenters. The van der Waals surface area contributed by atoms with E-state index >= 15 is 0 Å². The second-order valence-corrected chi connectivity index (χ2v) is 4.40. The molecule has 3 aromatic rings. The second-order valence-electron chi connectivity index (χ2n) is 4.40. The number of benzene rings is 1. The largest absolute Gasteiger partial charge is 0.315 e. The molecular weight excluding hydrogens is 226 g/mol. The first-order valence-electron chi connectivity index (χ1n) is 5.69. The molecular formula is C13H13N5. The molecule has 0 saturated carbocycles. The summed E-state index contributed by atoms with van der Waals surface area (Å²) in [5, 5.41) is 8.29. The topological polar surface area (TPSA) is 69.1 Å². The quantitative estimate of drug-likeness (QED) is 0.732. The zero-order valence-electron chi connectivity index (χ0n) is 9.99. The molecule has 0 amide bonds. The maximum atomic E-state index is 6.42. The molecule has 3 rings (SSSR count). The van der Waals surface area contributed by atoms with Crippen molar-refractivity contribution in [2.24, 2.45) is 5.73 Å². The van der Waals surface area contributed by atoms with Crippen LogP contribution in [0.4, 0.5) is 0 Å². The van der Waals surface area contributed by atoms with E-state index in [-0.39, 0.29) is 0 Å². The summed E-state index contributed by atoms with van der Waals surface area (Å²) in [6, 6.07) is 11.7. The maximum absolute atomic E-state index is 6.42. The number of rotatable bonds is 2. The van der Waals surface area contributed by atoms with Gasteiger partial charge >= 0.3 is 0 Å². The Morgan fingerprint density at radius 2 is 1.89 bits per heavy atom. The van der Waals surface area contributed by atoms with Crippen LogP contribution in [0.2, 0.25) is 0 Å². The minimum atomic E-state index is -0.705. The third-order valence-electron chi connectivity index (χ3n) is 3.05. The van der Waals surface area contributed by atoms with E-state index in [1.807, 2.05) is 41.7 Å². The molecule has 5 heteroatoms. The Kier molecular flexibility index (Phi) is 2.34. The Morgan fingerprint density at radius 3 is 2.67 bits per heavy atom. The van der Waals surface area contributed by atoms with E-state index in [9.17, 15) is 0 Å². The molecule has 0 aliphatic heterocycles. The number of nitrogens with two attached hydrogens (primary N) is 1. The van der Waals surface area contributed by atoms with Crippen LogP contribution in [0, 0.1) is 0 Å². The van der Waals surface area contributed by atoms with Crippen LogP contribution < -0.4 is 5.73 Å². The van der Waals surface area contributed by atoms with E-state index in [1.54, 1.807) is 18.6 Å². The smallest absolute Gasteiger partial charge is 0.163 e. The van der Waals surface area contributed by atoms with Gasteiger partial charge in [-0.05, 0) is 12.5 Å². The predicted molar refractivity (Wildman–Crippen MR) is 67.9 cm³/mol. The van der Waals surface area contributed by atoms with Gasteiger partial charge in [-0.15, -0.1) is 10.2 Å². The van der Waals surface area contributed by atoms with E-state index in [0.29, 0.717) is 5.82 Å². The van der Waals surface area contributed by atoms with Crippen molar-refractivity contribution in [1.82, 2.24) is 19.6 Å². The summed E-state index contributed by atoms with van der Waals surface area (Å²) >= 11 is 0. The van der Waals surface area contributed by atoms with Gasteiger partial charge in [0.1, 0.15) is 6.33 Å². The van der Waals surface area contributed by atoms with E-state index in [2.05, 4.69) is 15.2 Å². The Morgan fingerprint density at radius 1 is 1.11 bits per heavy atom. The van der Waals surface area contributed by atoms with Crippen molar-refractivity contribution in [2.45, 2.75) is 12.5 Å². The summed E-state index contributed by atoms with van der Waals surface area (Å²) < 4.78 is 1.81. The lowest BCUT2D eigenvalue weighted by atomic mass is 9.92. The summed E-state index contributed by atoms with van der Waals surface area (Å²) in [7, 11) is 0. The van der Waals surface area contributed by atoms with Gasteiger partial charge < -0.3 is 5.73 Å². The first-order chi connectivity index (χ1) is 8.69. The minimum absolute atomic E-state index is 0.678. The first-order valence-corrected chi connectivity index (χ1v) is 5.69. The Labute approximate surface area is 104 Å². The van der Waals surface area contributed by atoms with Crippen LogP contribution in [-0.4, -0.2) is 19.6 Å². The Balaban J connectivity index is 2.20. The average molecular weight is 239 g/mol. The summed E-state index contributed by atoms with van der Waals surface area (Å²) in [6.07, 6.45) is 3.36. The van der Waals surface area contributed by atoms with Crippen molar-refractivity contribution in [2.75, 3.05) is 0 Å². The molecule has 0 spiro atoms. The summed E-state index contributed by atoms with van der Waals surface area (Å²) in [6.45, 7) is 1.92. The van der Waals surface area contributed by atoms with Crippen molar-refractivity contribution in [3.63, 3.8) is 0 Å². The van der Waals surface area contributed by atoms with Crippen LogP contribution in [0.3, 0.4) is 0 Å². The fourth-order valence-corrected chi connectivity index (χ4v) is 2.01. The second kappa shape index (κ2) is 3.89. The molecule has 5 nitrogen and oxygen atoms in total. The number of aromatic nitrogens is 4. The highest BCUT2D eigenvalue weighted by atomic mass is 15.3. The molecule has 0 saturated heterocycles. The van der Waals surface area contributed by atoms with Crippen LogP contribution >= 0.6 is 0 Å². The third kappa shape index (κ3) is 1.56. The van der Waals surface area contributed by atoms with E-state index < -0.39 is 5.54 Å². The fourth-order valence-electron chi connectivity index (χ4n) is 2.01. The summed E-state index contributed by atoms with van der Waals surface area (Å²) in [5.74, 6) is 0.678. The zero-order valence-corrected chi connectivity index (χ0v) is 9.99. The lowest BCUT2D eigenvalue weighted by Crippen LogP contribution is -2.36. The van der Waals surface area contributed by atoms with Gasteiger partial charge in [0.25, 0.3) is 0 Å². The highest BCUT2D eigenvalue weighted by Gasteiger charge is 2.29. The summed E-state index contributed by atoms with van der Waals surface area (Å²) in [4.78, 5) is 4.08. The van der Waals surface area contributed by atoms with Crippen molar-refractivity contribution in [1.29, 1.82) is 0 Å². The number of hydrogen-bond donors (Lipinski definition) is 1. The molecule has 1 atom stereocenters. The van der Waals surface area contributed by atoms with Gasteiger partial charge in [-0.2, -0.15) is 0 Å². The fraction of sp³-hybridized carbons (Fsp3) is 0.154. The Hall–Kier alpha value is -2.27. The van der Waals surface area contributed by atoms with Crippen LogP contribution in [0.15, 0.2) is 48.9 Å². The van der Waals surface area contributed by atoms with Gasteiger partial charge in [0.2, 0.25) is 0 Å². The standard InChI is InChI=1S/C13H13N5/c1-13(14,10-5-3-2-4-6-10)12-17-16-11-7-8-15-9-18(11)12/h2-9H,14H2,1H3. The van der Waals surface area contributed by atoms with E-state index in [4.69, 9.17) is 5.73 Å². The van der Waals surface area contributed by atoms with Crippen LogP contribution in [-0.2, 0) is 5.54 Å². The van der Waals surface area contributed by atoms with E-state index in [0.717, 1.165) is 11.2 Å². The van der Waals surface area contributed by atoms with Crippen LogP contribution in [0.25, 0.3) is 5.65 Å². The lowest BCUT2D eigenvalue weighted by molar-refractivity contribution is 0.549. The van der Waals surface area contributed by atoms with Crippen molar-refractivity contribution < 1.29 is 0 Å². The molecule has 1 aromatic carbocycles. The van der Waals surface area contributed by atoms with Crippen molar-refractivity contribution >= 4 is 5.65 Å². The van der Waals surface area contributed by atoms with Gasteiger partial charge in [-0.25, -0.2) is 4.98 Å². The van der Waals surface area contributed by atoms with Gasteiger partial charge in [-0.1, -0.05) is 30.3 Å². The normalized spacial score (nSPS) is 14.6. The molecule has 0 radical (unpaired) electrons. The van der Waals surface area contributed by atoms with Crippen molar-refractivity contribution in [3.8, 4) is 0 Å². The molecule has 0 bridgehead atoms. The molecule has 18 heavy (non-hydrogen) atoms. The molecule has 90 valence electrons. The maximum Gasteiger partial charge on any atom is 0.163 e. The first kappa shape index (κ1) is 10.9. The SMILES string of the molecule is CC(N)(c1ccccc1)c1nnc2ccncn12. The van der Waals surface area contributed by atoms with Crippen LogP contribution in [0.1, 0.15) is 18.3 Å². The summed E-state index contributed by atoms with van der Waals surface area (Å²) in [5.41, 5.74) is 7.45. The number of hydrogen-bond acceptors (Lipinski definition) is 4. The molecule has 0 aliphatic carbocycles. The zero-order chi connectivity index (χ0) is 12.6. The molecule has 2 aromatic heterocycles. The average Bonchev–Trinajstić information content (AvgIpc) is 2.84. The third-order valence-corrected chi connectivity index (χ3v) is 3.05. The number of fused-ring (bicyclic) bond motifs is 1. The highest BCUT2D eigenvalue weighted by molar-refractivity contribution is 5.39. The molecule has 0 aliphatic rings. The predicted octanol–water partition coefficient (Wildman–Crippen LogP) is 1.35. The number of nitrogens with zero attached hydrogens (tertiary/aromatic N) is 4. The van der Waals surface area contributed by atoms with Crippen molar-refractivity contribution in [3.05, 3.63) is 60.3 Å². The lowest BCUT2D eigenvalue weighted by Gasteiger charge is -2.22. The molecule has 2 N–H and O–H groups in total. The highest BCUT2D eigenvalue weighted by Crippen LogP contribution is 2.24. The van der Waals surface area contributed by atoms with Gasteiger partial charge in [0.05, 0.1) is 5.54 Å². The molecule has 2 heterocycles. The van der Waals surface area contributed by atoms with Crippen LogP contribution in [0.5, 0.6) is 0 Å². The van der Waals surface area contributed by atoms with Gasteiger partial charge in [0.15, 0.2) is 11.5 Å². The minimum Gasteiger partial charge on any atom is -0.315 e. The van der Waals surface area contributed by atoms with Gasteiger partial charge in [0, 0.05) is 12.3 Å².